The van der Waals surface area contributed by atoms with Crippen LogP contribution in [0.15, 0.2) is 515 Å². The minimum absolute atomic E-state index is 0.434. The predicted molar refractivity (Wildman–Crippen MR) is 560 cm³/mol. The molecule has 0 radical (unpaired) electrons. The molecular formula is C130H88N4. The highest BCUT2D eigenvalue weighted by molar-refractivity contribution is 6.19. The second-order valence-electron chi connectivity index (χ2n) is 35.9. The maximum Gasteiger partial charge on any atom is 0.0726 e. The topological polar surface area (TPSA) is 13.0 Å². The molecule has 0 bridgehead atoms. The Morgan fingerprint density at radius 3 is 0.925 bits per heavy atom. The molecule has 0 saturated heterocycles. The summed E-state index contributed by atoms with van der Waals surface area (Å²) in [6.45, 7) is 0. The van der Waals surface area contributed by atoms with Crippen molar-refractivity contribution in [2.24, 2.45) is 0 Å². The van der Waals surface area contributed by atoms with Crippen LogP contribution in [0.25, 0.3) is 122 Å². The normalized spacial score (nSPS) is 13.6. The first-order valence-corrected chi connectivity index (χ1v) is 46.7. The standard InChI is InChI=1S/2C65H44N2/c1-3-16-43(17-4-1)44-30-34-47(35-31-44)66(49-38-39-54-53-22-9-13-27-60(53)65(61(54)42-49)58-25-11-7-20-51(58)52-21-8-12-26-59(52)65)48-36-32-45(33-37-48)50-40-41-57-55-23-10-14-28-62(55)67(46-18-5-2-6-19-46)63-29-15-24-56(50)64(57)63;1-5-18-45(19-6-1)46-32-36-51(37-33-46)66(53-40-41-56-55-26-13-15-29-60(55)65(61(56)44-53,48-20-7-2-8-21-48)49-22-9-3-10-23-49)52-38-34-47(35-39-52)54-42-43-59-57-27-14-16-30-62(57)67(50-24-11-4-12-25-50)63-31-17-28-58(54)64(59)63/h1-5,7-18,20-42H,6,19H2;1-44H. The highest BCUT2D eigenvalue weighted by Gasteiger charge is 2.52. The summed E-state index contributed by atoms with van der Waals surface area (Å²) >= 11 is 0. The predicted octanol–water partition coefficient (Wildman–Crippen LogP) is 34.8. The van der Waals surface area contributed by atoms with Gasteiger partial charge in [0.25, 0.3) is 0 Å². The van der Waals surface area contributed by atoms with Crippen molar-refractivity contribution in [2.75, 3.05) is 19.6 Å². The van der Waals surface area contributed by atoms with E-state index in [4.69, 9.17) is 0 Å². The molecule has 21 aromatic rings. The summed E-state index contributed by atoms with van der Waals surface area (Å²) in [6, 6.07) is 182. The molecule has 134 heavy (non-hydrogen) atoms. The fourth-order valence-electron chi connectivity index (χ4n) is 23.2. The zero-order valence-corrected chi connectivity index (χ0v) is 73.7. The van der Waals surface area contributed by atoms with Gasteiger partial charge in [0.15, 0.2) is 0 Å². The van der Waals surface area contributed by atoms with Crippen LogP contribution in [0.3, 0.4) is 0 Å². The molecule has 0 unspecified atom stereocenters. The van der Waals surface area contributed by atoms with Crippen LogP contribution < -0.4 is 19.6 Å². The van der Waals surface area contributed by atoms with Gasteiger partial charge in [-0.1, -0.05) is 394 Å². The number of allylic oxidation sites excluding steroid dienone is 4. The zero-order valence-electron chi connectivity index (χ0n) is 73.7. The van der Waals surface area contributed by atoms with E-state index in [1.54, 1.807) is 0 Å². The smallest absolute Gasteiger partial charge is 0.0726 e. The maximum absolute atomic E-state index is 2.50. The Kier molecular flexibility index (Phi) is 18.5. The van der Waals surface area contributed by atoms with E-state index >= 15 is 0 Å². The monoisotopic (exact) mass is 1700 g/mol. The van der Waals surface area contributed by atoms with Gasteiger partial charge in [-0.2, -0.15) is 0 Å². The van der Waals surface area contributed by atoms with Crippen LogP contribution in [0, 0.1) is 0 Å². The second-order valence-corrected chi connectivity index (χ2v) is 35.9. The highest BCUT2D eigenvalue weighted by atomic mass is 15.2. The van der Waals surface area contributed by atoms with Gasteiger partial charge in [-0.3, -0.25) is 0 Å². The summed E-state index contributed by atoms with van der Waals surface area (Å²) in [4.78, 5) is 9.79. The van der Waals surface area contributed by atoms with Gasteiger partial charge < -0.3 is 19.6 Å². The zero-order chi connectivity index (χ0) is 88.4. The highest BCUT2D eigenvalue weighted by Crippen LogP contribution is 2.65. The van der Waals surface area contributed by atoms with E-state index in [1.165, 1.54) is 195 Å². The number of para-hydroxylation sites is 3. The number of rotatable bonds is 14. The average molecular weight is 1710 g/mol. The molecule has 628 valence electrons. The molecule has 27 rings (SSSR count). The first-order valence-electron chi connectivity index (χ1n) is 46.7. The molecule has 6 aliphatic rings. The van der Waals surface area contributed by atoms with Crippen molar-refractivity contribution >= 4 is 84.1 Å². The van der Waals surface area contributed by atoms with Crippen molar-refractivity contribution in [3.63, 3.8) is 0 Å². The van der Waals surface area contributed by atoms with E-state index in [0.717, 1.165) is 52.7 Å². The van der Waals surface area contributed by atoms with Crippen molar-refractivity contribution in [3.05, 3.63) is 560 Å². The number of fused-ring (bicyclic) bond motifs is 17. The third-order valence-corrected chi connectivity index (χ3v) is 29.0. The molecular weight excluding hydrogens is 1620 g/mol. The summed E-state index contributed by atoms with van der Waals surface area (Å²) in [5, 5.41) is 5.08. The van der Waals surface area contributed by atoms with Gasteiger partial charge in [0, 0.05) is 67.4 Å². The number of benzene rings is 21. The molecule has 4 nitrogen and oxygen atoms in total. The third-order valence-electron chi connectivity index (χ3n) is 29.0. The number of nitrogens with zero attached hydrogens (tertiary/aromatic N) is 4. The molecule has 0 aromatic heterocycles. The van der Waals surface area contributed by atoms with Crippen molar-refractivity contribution < 1.29 is 0 Å². The molecule has 2 heterocycles. The van der Waals surface area contributed by atoms with Gasteiger partial charge in [0.2, 0.25) is 0 Å². The van der Waals surface area contributed by atoms with Crippen molar-refractivity contribution in [1.82, 2.24) is 0 Å². The summed E-state index contributed by atoms with van der Waals surface area (Å²) in [7, 11) is 0. The van der Waals surface area contributed by atoms with Gasteiger partial charge in [0.1, 0.15) is 0 Å². The number of hydrogen-bond donors (Lipinski definition) is 0. The van der Waals surface area contributed by atoms with Crippen molar-refractivity contribution in [3.8, 4) is 100 Å². The maximum atomic E-state index is 2.50. The second kappa shape index (κ2) is 31.9. The first kappa shape index (κ1) is 77.9. The van der Waals surface area contributed by atoms with E-state index < -0.39 is 10.8 Å². The molecule has 0 fully saturated rings. The van der Waals surface area contributed by atoms with Crippen molar-refractivity contribution in [2.45, 2.75) is 23.7 Å². The Morgan fingerprint density at radius 1 is 0.201 bits per heavy atom. The van der Waals surface area contributed by atoms with E-state index in [0.29, 0.717) is 0 Å². The van der Waals surface area contributed by atoms with E-state index in [1.807, 2.05) is 0 Å². The van der Waals surface area contributed by atoms with Crippen LogP contribution >= 0.6 is 0 Å². The van der Waals surface area contributed by atoms with Gasteiger partial charge in [-0.25, -0.2) is 0 Å². The average Bonchev–Trinajstić information content (AvgIpc) is 1.49. The van der Waals surface area contributed by atoms with Gasteiger partial charge in [-0.15, -0.1) is 0 Å². The van der Waals surface area contributed by atoms with Gasteiger partial charge in [0.05, 0.1) is 33.6 Å². The first-order chi connectivity index (χ1) is 66.5. The third kappa shape index (κ3) is 12.2. The van der Waals surface area contributed by atoms with Crippen LogP contribution in [-0.4, -0.2) is 0 Å². The van der Waals surface area contributed by atoms with E-state index in [-0.39, 0.29) is 0 Å². The Bertz CT molecular complexity index is 8160. The Morgan fingerprint density at radius 2 is 0.507 bits per heavy atom. The lowest BCUT2D eigenvalue weighted by Crippen LogP contribution is -2.28. The van der Waals surface area contributed by atoms with Crippen LogP contribution in [0.4, 0.5) is 62.6 Å². The summed E-state index contributed by atoms with van der Waals surface area (Å²) < 4.78 is 0. The Balaban J connectivity index is 0.000000140. The summed E-state index contributed by atoms with van der Waals surface area (Å²) in [5.41, 5.74) is 46.0. The summed E-state index contributed by atoms with van der Waals surface area (Å²) in [6.07, 6.45) is 8.84. The lowest BCUT2D eigenvalue weighted by atomic mass is 9.67. The Labute approximate surface area is 781 Å². The van der Waals surface area contributed by atoms with Crippen LogP contribution in [0.5, 0.6) is 0 Å². The van der Waals surface area contributed by atoms with Crippen molar-refractivity contribution in [1.29, 1.82) is 0 Å². The number of hydrogen-bond acceptors (Lipinski definition) is 4. The van der Waals surface area contributed by atoms with Crippen LogP contribution in [0.1, 0.15) is 57.3 Å². The molecule has 0 atom stereocenters. The fraction of sp³-hybridized carbons (Fsp3) is 0.0308. The van der Waals surface area contributed by atoms with E-state index in [2.05, 4.69) is 529 Å². The molecule has 4 aliphatic carbocycles. The lowest BCUT2D eigenvalue weighted by Gasteiger charge is -2.36. The largest absolute Gasteiger partial charge is 0.313 e. The lowest BCUT2D eigenvalue weighted by molar-refractivity contribution is 0.768. The molecule has 4 heteroatoms. The Hall–Kier alpha value is -17.2. The molecule has 21 aromatic carbocycles. The van der Waals surface area contributed by atoms with Crippen LogP contribution in [0.2, 0.25) is 0 Å². The quantitative estimate of drug-likeness (QED) is 0.108. The number of anilines is 11. The minimum Gasteiger partial charge on any atom is -0.313 e. The van der Waals surface area contributed by atoms with Gasteiger partial charge in [-0.05, 0) is 272 Å². The minimum atomic E-state index is -0.512. The molecule has 0 saturated carbocycles. The van der Waals surface area contributed by atoms with Crippen LogP contribution in [-0.2, 0) is 10.8 Å². The van der Waals surface area contributed by atoms with E-state index in [9.17, 15) is 0 Å². The molecule has 0 amide bonds. The molecule has 2 aliphatic heterocycles. The van der Waals surface area contributed by atoms with Gasteiger partial charge >= 0.3 is 0 Å². The molecule has 1 spiro atoms. The fourth-order valence-corrected chi connectivity index (χ4v) is 23.2. The molecule has 0 N–H and O–H groups in total. The SMILES string of the molecule is C1=CCCC(N2c3ccccc3-c3ccc(-c4ccc(N(c5ccc(-c6ccccc6)cc5)c5ccc6c(c5)C5(c7ccccc7-c7ccccc75)c5ccccc5-6)cc4)c4cccc2c34)=C1.c1ccc(-c2ccc(N(c3ccc(-c4ccc5c6c(cccc46)N(c4ccccc4)c4ccccc4-5)cc3)c3ccc4c(c3)C(c3ccccc3)(c3ccccc3)c3ccccc3-4)cc2)cc1. The summed E-state index contributed by atoms with van der Waals surface area (Å²) in [5.74, 6) is 0.